The van der Waals surface area contributed by atoms with Gasteiger partial charge in [0.1, 0.15) is 0 Å². The molecule has 0 bridgehead atoms. The lowest BCUT2D eigenvalue weighted by Gasteiger charge is -2.43. The highest BCUT2D eigenvalue weighted by molar-refractivity contribution is 4.89. The van der Waals surface area contributed by atoms with Crippen LogP contribution < -0.4 is 0 Å². The van der Waals surface area contributed by atoms with Crippen molar-refractivity contribution in [1.29, 1.82) is 0 Å². The van der Waals surface area contributed by atoms with Crippen LogP contribution in [0.2, 0.25) is 0 Å². The average Bonchev–Trinajstić information content (AvgIpc) is 1.92. The Kier molecular flexibility index (Phi) is 2.76. The van der Waals surface area contributed by atoms with E-state index in [2.05, 4.69) is 23.9 Å². The summed E-state index contributed by atoms with van der Waals surface area (Å²) in [5.74, 6) is 0. The van der Waals surface area contributed by atoms with E-state index in [9.17, 15) is 5.11 Å². The number of hydrogen-bond donors (Lipinski definition) is 1. The Morgan fingerprint density at radius 2 is 1.83 bits per heavy atom. The largest absolute Gasteiger partial charge is 0.389 e. The number of piperazine rings is 1. The molecule has 0 aromatic rings. The average molecular weight is 172 g/mol. The van der Waals surface area contributed by atoms with Gasteiger partial charge in [0.25, 0.3) is 0 Å². The van der Waals surface area contributed by atoms with Crippen molar-refractivity contribution in [3.8, 4) is 0 Å². The lowest BCUT2D eigenvalue weighted by atomic mass is 9.95. The van der Waals surface area contributed by atoms with Crippen molar-refractivity contribution in [2.45, 2.75) is 25.5 Å². The van der Waals surface area contributed by atoms with E-state index < -0.39 is 5.60 Å². The molecule has 1 saturated heterocycles. The molecule has 1 aliphatic rings. The fraction of sp³-hybridized carbons (Fsp3) is 1.00. The normalized spacial score (nSPS) is 29.2. The van der Waals surface area contributed by atoms with Crippen molar-refractivity contribution in [1.82, 2.24) is 9.80 Å². The fourth-order valence-corrected chi connectivity index (χ4v) is 1.77. The second-order valence-corrected chi connectivity index (χ2v) is 4.41. The molecule has 0 aromatic carbocycles. The summed E-state index contributed by atoms with van der Waals surface area (Å²) >= 11 is 0. The van der Waals surface area contributed by atoms with Gasteiger partial charge in [-0.3, -0.25) is 4.90 Å². The SMILES string of the molecule is CN1CCN(C)C(C(C)(C)O)C1. The molecule has 1 N–H and O–H groups in total. The molecule has 1 rings (SSSR count). The zero-order valence-corrected chi connectivity index (χ0v) is 8.54. The number of nitrogens with zero attached hydrogens (tertiary/aromatic N) is 2. The molecule has 0 saturated carbocycles. The monoisotopic (exact) mass is 172 g/mol. The molecule has 0 amide bonds. The number of likely N-dealkylation sites (N-methyl/N-ethyl adjacent to an activating group) is 2. The van der Waals surface area contributed by atoms with E-state index in [1.807, 2.05) is 13.8 Å². The van der Waals surface area contributed by atoms with E-state index in [4.69, 9.17) is 0 Å². The third kappa shape index (κ3) is 2.19. The van der Waals surface area contributed by atoms with Gasteiger partial charge in [0.2, 0.25) is 0 Å². The summed E-state index contributed by atoms with van der Waals surface area (Å²) in [7, 11) is 4.18. The quantitative estimate of drug-likeness (QED) is 0.603. The zero-order chi connectivity index (χ0) is 9.35. The van der Waals surface area contributed by atoms with Gasteiger partial charge < -0.3 is 10.0 Å². The molecule has 0 aromatic heterocycles. The van der Waals surface area contributed by atoms with E-state index in [-0.39, 0.29) is 6.04 Å². The standard InChI is InChI=1S/C9H20N2O/c1-9(2,12)8-7-10(3)5-6-11(8)4/h8,12H,5-7H2,1-4H3. The second kappa shape index (κ2) is 3.32. The predicted molar refractivity (Wildman–Crippen MR) is 50.2 cm³/mol. The molecule has 3 nitrogen and oxygen atoms in total. The maximum atomic E-state index is 9.86. The summed E-state index contributed by atoms with van der Waals surface area (Å²) in [5.41, 5.74) is -0.594. The molecule has 0 aliphatic carbocycles. The highest BCUT2D eigenvalue weighted by Gasteiger charge is 2.33. The van der Waals surface area contributed by atoms with Gasteiger partial charge in [-0.2, -0.15) is 0 Å². The minimum atomic E-state index is -0.594. The molecular weight excluding hydrogens is 152 g/mol. The Labute approximate surface area is 75.0 Å². The van der Waals surface area contributed by atoms with Crippen LogP contribution >= 0.6 is 0 Å². The van der Waals surface area contributed by atoms with Crippen LogP contribution in [-0.4, -0.2) is 60.3 Å². The summed E-state index contributed by atoms with van der Waals surface area (Å²) in [5, 5.41) is 9.86. The Morgan fingerprint density at radius 3 is 2.25 bits per heavy atom. The van der Waals surface area contributed by atoms with E-state index >= 15 is 0 Å². The van der Waals surface area contributed by atoms with Crippen molar-refractivity contribution < 1.29 is 5.11 Å². The molecule has 72 valence electrons. The third-order valence-corrected chi connectivity index (χ3v) is 2.67. The van der Waals surface area contributed by atoms with Crippen LogP contribution in [0.4, 0.5) is 0 Å². The fourth-order valence-electron chi connectivity index (χ4n) is 1.77. The van der Waals surface area contributed by atoms with Crippen molar-refractivity contribution in [3.63, 3.8) is 0 Å². The van der Waals surface area contributed by atoms with Crippen LogP contribution in [0.15, 0.2) is 0 Å². The van der Waals surface area contributed by atoms with Crippen LogP contribution in [0, 0.1) is 0 Å². The number of hydrogen-bond acceptors (Lipinski definition) is 3. The van der Waals surface area contributed by atoms with E-state index in [1.54, 1.807) is 0 Å². The molecule has 1 atom stereocenters. The van der Waals surface area contributed by atoms with E-state index in [1.165, 1.54) is 0 Å². The first-order valence-corrected chi connectivity index (χ1v) is 4.52. The Morgan fingerprint density at radius 1 is 1.25 bits per heavy atom. The summed E-state index contributed by atoms with van der Waals surface area (Å²) in [6.45, 7) is 6.87. The first kappa shape index (κ1) is 9.96. The van der Waals surface area contributed by atoms with Crippen LogP contribution in [-0.2, 0) is 0 Å². The lowest BCUT2D eigenvalue weighted by Crippen LogP contribution is -2.58. The zero-order valence-electron chi connectivity index (χ0n) is 8.54. The second-order valence-electron chi connectivity index (χ2n) is 4.41. The topological polar surface area (TPSA) is 26.7 Å². The van der Waals surface area contributed by atoms with Crippen molar-refractivity contribution >= 4 is 0 Å². The van der Waals surface area contributed by atoms with Crippen LogP contribution in [0.25, 0.3) is 0 Å². The van der Waals surface area contributed by atoms with Crippen LogP contribution in [0.3, 0.4) is 0 Å². The summed E-state index contributed by atoms with van der Waals surface area (Å²) < 4.78 is 0. The molecule has 1 heterocycles. The van der Waals surface area contributed by atoms with Gasteiger partial charge in [-0.1, -0.05) is 0 Å². The third-order valence-electron chi connectivity index (χ3n) is 2.67. The minimum absolute atomic E-state index is 0.260. The van der Waals surface area contributed by atoms with Gasteiger partial charge in [0.05, 0.1) is 11.6 Å². The Balaban J connectivity index is 2.61. The van der Waals surface area contributed by atoms with Gasteiger partial charge in [-0.05, 0) is 27.9 Å². The minimum Gasteiger partial charge on any atom is -0.389 e. The predicted octanol–water partition coefficient (Wildman–Crippen LogP) is 0.00310. The highest BCUT2D eigenvalue weighted by Crippen LogP contribution is 2.18. The number of aliphatic hydroxyl groups is 1. The molecule has 1 aliphatic heterocycles. The molecule has 3 heteroatoms. The van der Waals surface area contributed by atoms with E-state index in [0.29, 0.717) is 0 Å². The van der Waals surface area contributed by atoms with E-state index in [0.717, 1.165) is 19.6 Å². The van der Waals surface area contributed by atoms with Crippen LogP contribution in [0.1, 0.15) is 13.8 Å². The Bertz CT molecular complexity index is 153. The number of rotatable bonds is 1. The highest BCUT2D eigenvalue weighted by atomic mass is 16.3. The van der Waals surface area contributed by atoms with Gasteiger partial charge >= 0.3 is 0 Å². The van der Waals surface area contributed by atoms with Gasteiger partial charge in [-0.25, -0.2) is 0 Å². The summed E-state index contributed by atoms with van der Waals surface area (Å²) in [4.78, 5) is 4.50. The van der Waals surface area contributed by atoms with Crippen molar-refractivity contribution in [3.05, 3.63) is 0 Å². The van der Waals surface area contributed by atoms with Crippen molar-refractivity contribution in [2.24, 2.45) is 0 Å². The lowest BCUT2D eigenvalue weighted by molar-refractivity contribution is -0.0422. The molecule has 0 radical (unpaired) electrons. The maximum absolute atomic E-state index is 9.86. The van der Waals surface area contributed by atoms with Crippen LogP contribution in [0.5, 0.6) is 0 Å². The van der Waals surface area contributed by atoms with Gasteiger partial charge in [0.15, 0.2) is 0 Å². The molecule has 1 fully saturated rings. The van der Waals surface area contributed by atoms with Gasteiger partial charge in [-0.15, -0.1) is 0 Å². The first-order valence-electron chi connectivity index (χ1n) is 4.52. The maximum Gasteiger partial charge on any atom is 0.0758 e. The van der Waals surface area contributed by atoms with Gasteiger partial charge in [0, 0.05) is 19.6 Å². The van der Waals surface area contributed by atoms with Crippen molar-refractivity contribution in [2.75, 3.05) is 33.7 Å². The molecule has 1 unspecified atom stereocenters. The smallest absolute Gasteiger partial charge is 0.0758 e. The molecule has 12 heavy (non-hydrogen) atoms. The first-order chi connectivity index (χ1) is 5.41. The Hall–Kier alpha value is -0.120. The molecule has 0 spiro atoms. The summed E-state index contributed by atoms with van der Waals surface area (Å²) in [6.07, 6.45) is 0. The summed E-state index contributed by atoms with van der Waals surface area (Å²) in [6, 6.07) is 0.260. The molecular formula is C9H20N2O.